The molecule has 1 saturated heterocycles. The van der Waals surface area contributed by atoms with E-state index in [4.69, 9.17) is 4.42 Å². The number of furan rings is 1. The highest BCUT2D eigenvalue weighted by atomic mass is 16.4. The number of anilines is 1. The van der Waals surface area contributed by atoms with Gasteiger partial charge < -0.3 is 4.42 Å². The lowest BCUT2D eigenvalue weighted by Gasteiger charge is -2.35. The van der Waals surface area contributed by atoms with Gasteiger partial charge in [0.1, 0.15) is 17.4 Å². The fourth-order valence-corrected chi connectivity index (χ4v) is 3.34. The summed E-state index contributed by atoms with van der Waals surface area (Å²) in [4.78, 5) is 14.8. The number of hydrogen-bond acceptors (Lipinski definition) is 5. The first-order chi connectivity index (χ1) is 12.0. The number of nitrogens with zero attached hydrogens (tertiary/aromatic N) is 3. The van der Waals surface area contributed by atoms with E-state index in [0.717, 1.165) is 37.2 Å². The zero-order valence-corrected chi connectivity index (χ0v) is 14.8. The first-order valence-electron chi connectivity index (χ1n) is 8.55. The predicted octanol–water partition coefficient (Wildman–Crippen LogP) is 2.70. The van der Waals surface area contributed by atoms with Gasteiger partial charge in [-0.1, -0.05) is 0 Å². The predicted molar refractivity (Wildman–Crippen MR) is 93.1 cm³/mol. The summed E-state index contributed by atoms with van der Waals surface area (Å²) in [6.45, 7) is 7.17. The Bertz CT molecular complexity index is 787. The van der Waals surface area contributed by atoms with Gasteiger partial charge in [-0.25, -0.2) is 0 Å². The average molecular weight is 341 g/mol. The molecular formula is C18H23N5O2. The lowest BCUT2D eigenvalue weighted by molar-refractivity contribution is -0.121. The molecule has 2 aromatic heterocycles. The Morgan fingerprint density at radius 1 is 1.56 bits per heavy atom. The van der Waals surface area contributed by atoms with E-state index in [1.165, 1.54) is 0 Å². The Morgan fingerprint density at radius 2 is 2.36 bits per heavy atom. The van der Waals surface area contributed by atoms with Crippen LogP contribution in [0.2, 0.25) is 0 Å². The van der Waals surface area contributed by atoms with Crippen molar-refractivity contribution in [2.45, 2.75) is 45.6 Å². The number of likely N-dealkylation sites (tertiary alicyclic amines) is 1. The Morgan fingerprint density at radius 3 is 3.04 bits per heavy atom. The number of amides is 1. The Balaban J connectivity index is 1.68. The van der Waals surface area contributed by atoms with Crippen LogP contribution >= 0.6 is 0 Å². The molecule has 0 aliphatic carbocycles. The molecule has 3 heterocycles. The first-order valence-corrected chi connectivity index (χ1v) is 8.55. The number of piperidine rings is 1. The summed E-state index contributed by atoms with van der Waals surface area (Å²) in [6.07, 6.45) is 3.88. The second-order valence-electron chi connectivity index (χ2n) is 6.61. The van der Waals surface area contributed by atoms with Gasteiger partial charge in [0, 0.05) is 29.9 Å². The van der Waals surface area contributed by atoms with E-state index < -0.39 is 0 Å². The monoisotopic (exact) mass is 341 g/mol. The van der Waals surface area contributed by atoms with Crippen LogP contribution in [0.25, 0.3) is 0 Å². The van der Waals surface area contributed by atoms with Crippen molar-refractivity contribution in [1.29, 1.82) is 5.26 Å². The molecule has 2 atom stereocenters. The minimum atomic E-state index is -0.303. The molecule has 0 radical (unpaired) electrons. The van der Waals surface area contributed by atoms with E-state index in [2.05, 4.69) is 26.5 Å². The van der Waals surface area contributed by atoms with Crippen LogP contribution in [0, 0.1) is 25.2 Å². The molecule has 0 spiro atoms. The quantitative estimate of drug-likeness (QED) is 0.891. The molecule has 25 heavy (non-hydrogen) atoms. The summed E-state index contributed by atoms with van der Waals surface area (Å²) in [5.41, 5.74) is 2.27. The maximum absolute atomic E-state index is 12.7. The third kappa shape index (κ3) is 3.44. The van der Waals surface area contributed by atoms with Crippen LogP contribution in [0.5, 0.6) is 0 Å². The summed E-state index contributed by atoms with van der Waals surface area (Å²) in [5, 5.41) is 19.1. The molecule has 7 heteroatoms. The third-order valence-electron chi connectivity index (χ3n) is 5.08. The van der Waals surface area contributed by atoms with Crippen LogP contribution in [0.3, 0.4) is 0 Å². The van der Waals surface area contributed by atoms with Crippen LogP contribution in [-0.2, 0) is 4.79 Å². The number of carbonyl (C=O) groups excluding carboxylic acids is 1. The molecular weight excluding hydrogens is 318 g/mol. The van der Waals surface area contributed by atoms with Gasteiger partial charge in [0.05, 0.1) is 6.04 Å². The molecule has 1 aliphatic rings. The molecule has 0 unspecified atom stereocenters. The normalized spacial score (nSPS) is 19.4. The maximum atomic E-state index is 12.7. The van der Waals surface area contributed by atoms with E-state index in [0.29, 0.717) is 17.2 Å². The number of carbonyl (C=O) groups is 1. The minimum Gasteiger partial charge on any atom is -0.444 e. The highest BCUT2D eigenvalue weighted by molar-refractivity contribution is 5.94. The second-order valence-corrected chi connectivity index (χ2v) is 6.61. The Hall–Kier alpha value is -2.59. The van der Waals surface area contributed by atoms with Crippen molar-refractivity contribution >= 4 is 11.8 Å². The summed E-state index contributed by atoms with van der Waals surface area (Å²) in [5.74, 6) is 1.10. The number of aromatic nitrogens is 2. The standard InChI is InChI=1S/C18H23N5O2/c1-11-13(3)25-18(15(11)9-19)21-17(24)12(2)23-8-4-5-14(10-23)16-6-7-20-22-16/h6-7,12,14H,4-5,8,10H2,1-3H3,(H,20,22)(H,21,24)/t12-,14+/m1/s1. The zero-order valence-electron chi connectivity index (χ0n) is 14.8. The van der Waals surface area contributed by atoms with Crippen LogP contribution < -0.4 is 5.32 Å². The molecule has 132 valence electrons. The summed E-state index contributed by atoms with van der Waals surface area (Å²) in [7, 11) is 0. The van der Waals surface area contributed by atoms with Crippen molar-refractivity contribution in [3.8, 4) is 6.07 Å². The summed E-state index contributed by atoms with van der Waals surface area (Å²) >= 11 is 0. The van der Waals surface area contributed by atoms with E-state index in [9.17, 15) is 10.1 Å². The Labute approximate surface area is 147 Å². The fourth-order valence-electron chi connectivity index (χ4n) is 3.34. The molecule has 7 nitrogen and oxygen atoms in total. The smallest absolute Gasteiger partial charge is 0.243 e. The van der Waals surface area contributed by atoms with Gasteiger partial charge in [0.15, 0.2) is 0 Å². The van der Waals surface area contributed by atoms with Crippen molar-refractivity contribution in [3.05, 3.63) is 34.8 Å². The summed E-state index contributed by atoms with van der Waals surface area (Å²) < 4.78 is 5.54. The number of aryl methyl sites for hydroxylation is 1. The number of nitriles is 1. The number of rotatable bonds is 4. The largest absolute Gasteiger partial charge is 0.444 e. The number of nitrogens with one attached hydrogen (secondary N) is 2. The molecule has 0 aromatic carbocycles. The van der Waals surface area contributed by atoms with Crippen LogP contribution in [-0.4, -0.2) is 40.1 Å². The van der Waals surface area contributed by atoms with E-state index in [1.807, 2.05) is 19.9 Å². The van der Waals surface area contributed by atoms with Crippen LogP contribution in [0.4, 0.5) is 5.88 Å². The molecule has 0 bridgehead atoms. The topological polar surface area (TPSA) is 97.9 Å². The van der Waals surface area contributed by atoms with Crippen molar-refractivity contribution < 1.29 is 9.21 Å². The molecule has 0 saturated carbocycles. The average Bonchev–Trinajstić information content (AvgIpc) is 3.24. The van der Waals surface area contributed by atoms with Gasteiger partial charge in [-0.3, -0.25) is 20.1 Å². The summed E-state index contributed by atoms with van der Waals surface area (Å²) in [6, 6.07) is 3.79. The zero-order chi connectivity index (χ0) is 18.0. The molecule has 1 amide bonds. The molecule has 2 N–H and O–H groups in total. The van der Waals surface area contributed by atoms with Gasteiger partial charge in [0.2, 0.25) is 11.8 Å². The SMILES string of the molecule is Cc1oc(NC(=O)[C@@H](C)N2CCC[C@H](c3ccn[nH]3)C2)c(C#N)c1C. The van der Waals surface area contributed by atoms with Gasteiger partial charge in [-0.05, 0) is 46.2 Å². The Kier molecular flexibility index (Phi) is 4.91. The van der Waals surface area contributed by atoms with Crippen molar-refractivity contribution in [2.24, 2.45) is 0 Å². The van der Waals surface area contributed by atoms with Crippen molar-refractivity contribution in [1.82, 2.24) is 15.1 Å². The fraction of sp³-hybridized carbons (Fsp3) is 0.500. The number of H-pyrrole nitrogens is 1. The number of aromatic amines is 1. The number of hydrogen-bond donors (Lipinski definition) is 2. The van der Waals surface area contributed by atoms with Gasteiger partial charge in [0.25, 0.3) is 0 Å². The highest BCUT2D eigenvalue weighted by Crippen LogP contribution is 2.28. The van der Waals surface area contributed by atoms with E-state index >= 15 is 0 Å². The molecule has 1 fully saturated rings. The lowest BCUT2D eigenvalue weighted by atomic mass is 9.94. The van der Waals surface area contributed by atoms with Crippen molar-refractivity contribution in [2.75, 3.05) is 18.4 Å². The van der Waals surface area contributed by atoms with Gasteiger partial charge in [-0.2, -0.15) is 10.4 Å². The first kappa shape index (κ1) is 17.2. The molecule has 2 aromatic rings. The van der Waals surface area contributed by atoms with Crippen LogP contribution in [0.1, 0.15) is 48.3 Å². The van der Waals surface area contributed by atoms with Crippen molar-refractivity contribution in [3.63, 3.8) is 0 Å². The van der Waals surface area contributed by atoms with E-state index in [-0.39, 0.29) is 17.8 Å². The highest BCUT2D eigenvalue weighted by Gasteiger charge is 2.29. The minimum absolute atomic E-state index is 0.157. The van der Waals surface area contributed by atoms with Crippen LogP contribution in [0.15, 0.2) is 16.7 Å². The van der Waals surface area contributed by atoms with E-state index in [1.54, 1.807) is 13.1 Å². The van der Waals surface area contributed by atoms with Gasteiger partial charge >= 0.3 is 0 Å². The molecule has 1 aliphatic heterocycles. The maximum Gasteiger partial charge on any atom is 0.243 e. The third-order valence-corrected chi connectivity index (χ3v) is 5.08. The molecule has 3 rings (SSSR count). The lowest BCUT2D eigenvalue weighted by Crippen LogP contribution is -2.46. The van der Waals surface area contributed by atoms with Gasteiger partial charge in [-0.15, -0.1) is 0 Å². The second kappa shape index (κ2) is 7.11.